The predicted octanol–water partition coefficient (Wildman–Crippen LogP) is -0.414. The van der Waals surface area contributed by atoms with E-state index in [9.17, 15) is 0 Å². The van der Waals surface area contributed by atoms with Gasteiger partial charge in [0.1, 0.15) is 0 Å². The highest BCUT2D eigenvalue weighted by Crippen LogP contribution is 2.12. The molecule has 0 radical (unpaired) electrons. The van der Waals surface area contributed by atoms with Gasteiger partial charge in [0.15, 0.2) is 0 Å². The molecule has 14 heavy (non-hydrogen) atoms. The molecule has 0 saturated carbocycles. The lowest BCUT2D eigenvalue weighted by Gasteiger charge is -2.15. The van der Waals surface area contributed by atoms with Crippen LogP contribution < -0.4 is 11.1 Å². The van der Waals surface area contributed by atoms with E-state index in [4.69, 9.17) is 15.2 Å². The summed E-state index contributed by atoms with van der Waals surface area (Å²) in [6, 6.07) is 0.224. The van der Waals surface area contributed by atoms with E-state index in [0.29, 0.717) is 11.8 Å². The Hall–Kier alpha value is -0.160. The Kier molecular flexibility index (Phi) is 3.75. The van der Waals surface area contributed by atoms with Gasteiger partial charge in [0.25, 0.3) is 0 Å². The van der Waals surface area contributed by atoms with Crippen LogP contribution in [0.3, 0.4) is 0 Å². The van der Waals surface area contributed by atoms with Crippen molar-refractivity contribution in [3.8, 4) is 0 Å². The van der Waals surface area contributed by atoms with Crippen molar-refractivity contribution in [1.82, 2.24) is 5.32 Å². The molecule has 0 amide bonds. The van der Waals surface area contributed by atoms with Gasteiger partial charge in [-0.1, -0.05) is 0 Å². The second-order valence-corrected chi connectivity index (χ2v) is 4.35. The number of hydrogen-bond donors (Lipinski definition) is 2. The minimum Gasteiger partial charge on any atom is -0.381 e. The fourth-order valence-electron chi connectivity index (χ4n) is 2.04. The van der Waals surface area contributed by atoms with E-state index in [1.165, 1.54) is 6.42 Å². The molecule has 82 valence electrons. The minimum absolute atomic E-state index is 0.224. The zero-order valence-corrected chi connectivity index (χ0v) is 8.58. The molecule has 2 fully saturated rings. The monoisotopic (exact) mass is 200 g/mol. The SMILES string of the molecule is NC1COCC1CNCC1CCOC1. The van der Waals surface area contributed by atoms with Gasteiger partial charge < -0.3 is 20.5 Å². The summed E-state index contributed by atoms with van der Waals surface area (Å²) < 4.78 is 10.6. The zero-order valence-electron chi connectivity index (χ0n) is 8.58. The third kappa shape index (κ3) is 2.67. The summed E-state index contributed by atoms with van der Waals surface area (Å²) in [5, 5.41) is 3.46. The van der Waals surface area contributed by atoms with Crippen molar-refractivity contribution in [2.45, 2.75) is 12.5 Å². The van der Waals surface area contributed by atoms with Crippen molar-refractivity contribution in [2.24, 2.45) is 17.6 Å². The van der Waals surface area contributed by atoms with Gasteiger partial charge in [0.2, 0.25) is 0 Å². The molecule has 0 aliphatic carbocycles. The van der Waals surface area contributed by atoms with Crippen molar-refractivity contribution in [3.05, 3.63) is 0 Å². The Labute approximate surface area is 85.1 Å². The summed E-state index contributed by atoms with van der Waals surface area (Å²) in [6.07, 6.45) is 1.19. The molecule has 0 spiro atoms. The Morgan fingerprint density at radius 2 is 2.07 bits per heavy atom. The summed E-state index contributed by atoms with van der Waals surface area (Å²) in [5.41, 5.74) is 5.88. The van der Waals surface area contributed by atoms with Crippen LogP contribution >= 0.6 is 0 Å². The first-order valence-electron chi connectivity index (χ1n) is 5.48. The molecule has 2 heterocycles. The minimum atomic E-state index is 0.224. The van der Waals surface area contributed by atoms with E-state index in [1.807, 2.05) is 0 Å². The topological polar surface area (TPSA) is 56.5 Å². The van der Waals surface area contributed by atoms with Gasteiger partial charge in [-0.2, -0.15) is 0 Å². The third-order valence-corrected chi connectivity index (χ3v) is 3.11. The second kappa shape index (κ2) is 5.07. The lowest BCUT2D eigenvalue weighted by atomic mass is 10.0. The summed E-state index contributed by atoms with van der Waals surface area (Å²) in [4.78, 5) is 0. The van der Waals surface area contributed by atoms with Crippen LogP contribution in [0.15, 0.2) is 0 Å². The van der Waals surface area contributed by atoms with Gasteiger partial charge in [0, 0.05) is 31.7 Å². The molecule has 2 aliphatic rings. The maximum atomic E-state index is 5.88. The van der Waals surface area contributed by atoms with Crippen molar-refractivity contribution in [1.29, 1.82) is 0 Å². The van der Waals surface area contributed by atoms with Crippen LogP contribution in [0.4, 0.5) is 0 Å². The first-order valence-corrected chi connectivity index (χ1v) is 5.48. The normalized spacial score (nSPS) is 37.9. The van der Waals surface area contributed by atoms with Crippen LogP contribution in [0, 0.1) is 11.8 Å². The van der Waals surface area contributed by atoms with Gasteiger partial charge in [0.05, 0.1) is 19.8 Å². The number of ether oxygens (including phenoxy) is 2. The highest BCUT2D eigenvalue weighted by atomic mass is 16.5. The van der Waals surface area contributed by atoms with Gasteiger partial charge in [-0.05, 0) is 12.3 Å². The molecule has 3 N–H and O–H groups in total. The molecule has 2 rings (SSSR count). The molecular weight excluding hydrogens is 180 g/mol. The van der Waals surface area contributed by atoms with E-state index >= 15 is 0 Å². The van der Waals surface area contributed by atoms with Gasteiger partial charge >= 0.3 is 0 Å². The number of nitrogens with two attached hydrogens (primary N) is 1. The van der Waals surface area contributed by atoms with E-state index in [1.54, 1.807) is 0 Å². The molecule has 0 aromatic heterocycles. The first-order chi connectivity index (χ1) is 6.86. The van der Waals surface area contributed by atoms with Crippen LogP contribution in [-0.4, -0.2) is 45.6 Å². The Balaban J connectivity index is 1.57. The van der Waals surface area contributed by atoms with Crippen LogP contribution in [0.1, 0.15) is 6.42 Å². The number of nitrogens with one attached hydrogen (secondary N) is 1. The fraction of sp³-hybridized carbons (Fsp3) is 1.00. The predicted molar refractivity (Wildman–Crippen MR) is 54.1 cm³/mol. The number of hydrogen-bond acceptors (Lipinski definition) is 4. The lowest BCUT2D eigenvalue weighted by molar-refractivity contribution is 0.180. The fourth-order valence-corrected chi connectivity index (χ4v) is 2.04. The molecule has 2 aliphatic heterocycles. The zero-order chi connectivity index (χ0) is 9.80. The lowest BCUT2D eigenvalue weighted by Crippen LogP contribution is -2.37. The summed E-state index contributed by atoms with van der Waals surface area (Å²) >= 11 is 0. The molecule has 4 heteroatoms. The third-order valence-electron chi connectivity index (χ3n) is 3.11. The van der Waals surface area contributed by atoms with E-state index in [-0.39, 0.29) is 6.04 Å². The average Bonchev–Trinajstić information content (AvgIpc) is 2.78. The van der Waals surface area contributed by atoms with Gasteiger partial charge in [-0.25, -0.2) is 0 Å². The highest BCUT2D eigenvalue weighted by molar-refractivity contribution is 4.80. The van der Waals surface area contributed by atoms with Gasteiger partial charge in [-0.3, -0.25) is 0 Å². The van der Waals surface area contributed by atoms with Crippen molar-refractivity contribution in [3.63, 3.8) is 0 Å². The van der Waals surface area contributed by atoms with Crippen molar-refractivity contribution < 1.29 is 9.47 Å². The summed E-state index contributed by atoms with van der Waals surface area (Å²) in [6.45, 7) is 5.42. The van der Waals surface area contributed by atoms with E-state index in [2.05, 4.69) is 5.32 Å². The largest absolute Gasteiger partial charge is 0.381 e. The van der Waals surface area contributed by atoms with Crippen molar-refractivity contribution in [2.75, 3.05) is 39.5 Å². The molecule has 0 bridgehead atoms. The second-order valence-electron chi connectivity index (χ2n) is 4.35. The molecule has 3 atom stereocenters. The van der Waals surface area contributed by atoms with E-state index in [0.717, 1.165) is 39.5 Å². The molecule has 3 unspecified atom stereocenters. The quantitative estimate of drug-likeness (QED) is 0.647. The van der Waals surface area contributed by atoms with Gasteiger partial charge in [-0.15, -0.1) is 0 Å². The Morgan fingerprint density at radius 3 is 2.71 bits per heavy atom. The summed E-state index contributed by atoms with van der Waals surface area (Å²) in [7, 11) is 0. The maximum absolute atomic E-state index is 5.88. The first kappa shape index (κ1) is 10.4. The smallest absolute Gasteiger partial charge is 0.0621 e. The molecule has 0 aromatic rings. The van der Waals surface area contributed by atoms with Crippen LogP contribution in [0.25, 0.3) is 0 Å². The Morgan fingerprint density at radius 1 is 1.14 bits per heavy atom. The van der Waals surface area contributed by atoms with Crippen LogP contribution in [0.5, 0.6) is 0 Å². The number of rotatable bonds is 4. The standard InChI is InChI=1S/C10H20N2O2/c11-10-7-14-6-9(10)4-12-3-8-1-2-13-5-8/h8-10,12H,1-7,11H2. The molecule has 4 nitrogen and oxygen atoms in total. The highest BCUT2D eigenvalue weighted by Gasteiger charge is 2.24. The molecule has 2 saturated heterocycles. The van der Waals surface area contributed by atoms with E-state index < -0.39 is 0 Å². The van der Waals surface area contributed by atoms with Crippen LogP contribution in [0.2, 0.25) is 0 Å². The summed E-state index contributed by atoms with van der Waals surface area (Å²) in [5.74, 6) is 1.20. The van der Waals surface area contributed by atoms with Crippen molar-refractivity contribution >= 4 is 0 Å². The Bertz CT molecular complexity index is 172. The molecular formula is C10H20N2O2. The average molecular weight is 200 g/mol. The maximum Gasteiger partial charge on any atom is 0.0621 e. The van der Waals surface area contributed by atoms with Crippen LogP contribution in [-0.2, 0) is 9.47 Å². The molecule has 0 aromatic carbocycles.